The fourth-order valence-corrected chi connectivity index (χ4v) is 4.01. The molecule has 2 aromatic heterocycles. The van der Waals surface area contributed by atoms with E-state index >= 15 is 0 Å². The second-order valence-electron chi connectivity index (χ2n) is 7.18. The second-order valence-corrected chi connectivity index (χ2v) is 8.22. The van der Waals surface area contributed by atoms with Gasteiger partial charge in [0.15, 0.2) is 5.69 Å². The number of hydrogen-bond donors (Lipinski definition) is 2. The molecule has 2 rings (SSSR count). The van der Waals surface area contributed by atoms with Crippen LogP contribution in [0, 0.1) is 0 Å². The van der Waals surface area contributed by atoms with E-state index in [4.69, 9.17) is 5.73 Å². The first-order valence-corrected chi connectivity index (χ1v) is 11.3. The number of anilines is 2. The Labute approximate surface area is 175 Å². The molecule has 0 saturated carbocycles. The third-order valence-electron chi connectivity index (χ3n) is 4.90. The molecule has 0 aliphatic carbocycles. The van der Waals surface area contributed by atoms with Gasteiger partial charge in [-0.15, -0.1) is 11.3 Å². The molecule has 29 heavy (non-hydrogen) atoms. The summed E-state index contributed by atoms with van der Waals surface area (Å²) in [5, 5.41) is 2.02. The highest BCUT2D eigenvalue weighted by Gasteiger charge is 2.23. The maximum absolute atomic E-state index is 13.0. The summed E-state index contributed by atoms with van der Waals surface area (Å²) in [6.07, 6.45) is 6.25. The maximum Gasteiger partial charge on any atom is 0.330 e. The third kappa shape index (κ3) is 6.32. The van der Waals surface area contributed by atoms with Gasteiger partial charge in [-0.25, -0.2) is 4.79 Å². The molecule has 0 atom stereocenters. The first kappa shape index (κ1) is 22.9. The summed E-state index contributed by atoms with van der Waals surface area (Å²) in [4.78, 5) is 42.9. The molecule has 0 bridgehead atoms. The minimum absolute atomic E-state index is 0.0790. The Morgan fingerprint density at radius 3 is 2.59 bits per heavy atom. The van der Waals surface area contributed by atoms with Gasteiger partial charge in [-0.05, 0) is 37.1 Å². The second kappa shape index (κ2) is 11.6. The molecule has 0 saturated heterocycles. The molecule has 3 N–H and O–H groups in total. The molecule has 0 unspecified atom stereocenters. The van der Waals surface area contributed by atoms with E-state index in [0.29, 0.717) is 25.9 Å². The Bertz CT molecular complexity index is 886. The van der Waals surface area contributed by atoms with Gasteiger partial charge in [0.25, 0.3) is 5.56 Å². The van der Waals surface area contributed by atoms with Gasteiger partial charge >= 0.3 is 5.69 Å². The van der Waals surface area contributed by atoms with Crippen molar-refractivity contribution in [2.75, 3.05) is 17.2 Å². The molecule has 2 heterocycles. The Morgan fingerprint density at radius 2 is 1.93 bits per heavy atom. The van der Waals surface area contributed by atoms with Crippen LogP contribution in [0.3, 0.4) is 0 Å². The lowest BCUT2D eigenvalue weighted by atomic mass is 10.1. The highest BCUT2D eigenvalue weighted by molar-refractivity contribution is 7.09. The van der Waals surface area contributed by atoms with Gasteiger partial charge in [-0.1, -0.05) is 39.2 Å². The van der Waals surface area contributed by atoms with Gasteiger partial charge in [0.1, 0.15) is 5.82 Å². The van der Waals surface area contributed by atoms with Crippen molar-refractivity contribution in [3.05, 3.63) is 43.2 Å². The number of rotatable bonds is 12. The van der Waals surface area contributed by atoms with Crippen LogP contribution in [0.25, 0.3) is 0 Å². The van der Waals surface area contributed by atoms with Crippen molar-refractivity contribution in [2.24, 2.45) is 0 Å². The number of H-pyrrole nitrogens is 1. The van der Waals surface area contributed by atoms with E-state index < -0.39 is 11.2 Å². The normalized spacial score (nSPS) is 11.0. The number of aromatic amines is 1. The zero-order valence-electron chi connectivity index (χ0n) is 17.4. The van der Waals surface area contributed by atoms with Crippen LogP contribution in [0.2, 0.25) is 0 Å². The molecule has 0 spiro atoms. The Balaban J connectivity index is 2.26. The van der Waals surface area contributed by atoms with Crippen LogP contribution < -0.4 is 21.9 Å². The van der Waals surface area contributed by atoms with Gasteiger partial charge in [-0.2, -0.15) is 0 Å². The van der Waals surface area contributed by atoms with Crippen molar-refractivity contribution in [2.45, 2.75) is 71.8 Å². The van der Waals surface area contributed by atoms with Crippen molar-refractivity contribution in [3.8, 4) is 0 Å². The predicted octanol–water partition coefficient (Wildman–Crippen LogP) is 3.53. The summed E-state index contributed by atoms with van der Waals surface area (Å²) in [6.45, 7) is 4.94. The monoisotopic (exact) mass is 420 g/mol. The molecule has 0 radical (unpaired) electrons. The Morgan fingerprint density at radius 1 is 1.17 bits per heavy atom. The highest BCUT2D eigenvalue weighted by atomic mass is 32.1. The predicted molar refractivity (Wildman–Crippen MR) is 120 cm³/mol. The average molecular weight is 421 g/mol. The van der Waals surface area contributed by atoms with Crippen LogP contribution in [0.5, 0.6) is 0 Å². The summed E-state index contributed by atoms with van der Waals surface area (Å²) >= 11 is 1.67. The summed E-state index contributed by atoms with van der Waals surface area (Å²) < 4.78 is 1.37. The number of amides is 1. The summed E-state index contributed by atoms with van der Waals surface area (Å²) in [6, 6.07) is 4.05. The lowest BCUT2D eigenvalue weighted by Gasteiger charge is -2.24. The standard InChI is InChI=1S/C21H32N4O3S/c1-3-5-7-14-24(17(26)12-8-10-16-11-9-15-29-16)18-19(22)25(13-6-4-2)21(28)23-20(18)27/h9,11,15H,3-8,10,12-14,22H2,1-2H3,(H,23,27,28). The van der Waals surface area contributed by atoms with Crippen molar-refractivity contribution in [1.29, 1.82) is 0 Å². The number of nitrogens with two attached hydrogens (primary N) is 1. The number of thiophene rings is 1. The zero-order chi connectivity index (χ0) is 21.2. The van der Waals surface area contributed by atoms with E-state index in [1.165, 1.54) is 14.3 Å². The minimum Gasteiger partial charge on any atom is -0.383 e. The first-order valence-electron chi connectivity index (χ1n) is 10.4. The van der Waals surface area contributed by atoms with E-state index in [-0.39, 0.29) is 17.4 Å². The van der Waals surface area contributed by atoms with Crippen molar-refractivity contribution >= 4 is 28.7 Å². The molecule has 160 valence electrons. The zero-order valence-corrected chi connectivity index (χ0v) is 18.2. The van der Waals surface area contributed by atoms with Crippen LogP contribution in [0.4, 0.5) is 11.5 Å². The molecule has 1 amide bonds. The van der Waals surface area contributed by atoms with Gasteiger partial charge < -0.3 is 10.6 Å². The maximum atomic E-state index is 13.0. The number of carbonyl (C=O) groups excluding carboxylic acids is 1. The van der Waals surface area contributed by atoms with Crippen LogP contribution in [-0.4, -0.2) is 22.0 Å². The fraction of sp³-hybridized carbons (Fsp3) is 0.571. The van der Waals surface area contributed by atoms with Gasteiger partial charge in [0, 0.05) is 24.4 Å². The topological polar surface area (TPSA) is 101 Å². The minimum atomic E-state index is -0.594. The molecule has 0 fully saturated rings. The number of unbranched alkanes of at least 4 members (excludes halogenated alkanes) is 3. The van der Waals surface area contributed by atoms with Crippen molar-refractivity contribution in [1.82, 2.24) is 9.55 Å². The molecule has 8 heteroatoms. The van der Waals surface area contributed by atoms with E-state index in [0.717, 1.165) is 38.5 Å². The number of nitrogens with one attached hydrogen (secondary N) is 1. The molecule has 7 nitrogen and oxygen atoms in total. The van der Waals surface area contributed by atoms with Gasteiger partial charge in [0.05, 0.1) is 0 Å². The Hall–Kier alpha value is -2.35. The van der Waals surface area contributed by atoms with Crippen LogP contribution in [-0.2, 0) is 17.8 Å². The van der Waals surface area contributed by atoms with Crippen LogP contribution in [0.1, 0.15) is 63.7 Å². The molecular formula is C21H32N4O3S. The van der Waals surface area contributed by atoms with E-state index in [9.17, 15) is 14.4 Å². The van der Waals surface area contributed by atoms with Crippen molar-refractivity contribution < 1.29 is 4.79 Å². The summed E-state index contributed by atoms with van der Waals surface area (Å²) in [5.74, 6) is -0.0501. The molecular weight excluding hydrogens is 388 g/mol. The molecule has 0 aliphatic heterocycles. The number of aromatic nitrogens is 2. The largest absolute Gasteiger partial charge is 0.383 e. The summed E-state index contributed by atoms with van der Waals surface area (Å²) in [5.41, 5.74) is 5.22. The van der Waals surface area contributed by atoms with Gasteiger partial charge in [0.2, 0.25) is 5.91 Å². The lowest BCUT2D eigenvalue weighted by Crippen LogP contribution is -2.41. The van der Waals surface area contributed by atoms with Crippen LogP contribution >= 0.6 is 11.3 Å². The molecule has 0 aliphatic rings. The van der Waals surface area contributed by atoms with E-state index in [1.807, 2.05) is 18.4 Å². The molecule has 2 aromatic rings. The first-order chi connectivity index (χ1) is 14.0. The number of nitrogens with zero attached hydrogens (tertiary/aromatic N) is 2. The summed E-state index contributed by atoms with van der Waals surface area (Å²) in [7, 11) is 0. The van der Waals surface area contributed by atoms with E-state index in [2.05, 4.69) is 18.0 Å². The Kier molecular flexibility index (Phi) is 9.18. The fourth-order valence-electron chi connectivity index (χ4n) is 3.26. The average Bonchev–Trinajstić information content (AvgIpc) is 3.20. The number of nitrogen functional groups attached to an aromatic ring is 1. The molecule has 0 aromatic carbocycles. The van der Waals surface area contributed by atoms with Gasteiger partial charge in [-0.3, -0.25) is 19.1 Å². The van der Waals surface area contributed by atoms with E-state index in [1.54, 1.807) is 11.3 Å². The lowest BCUT2D eigenvalue weighted by molar-refractivity contribution is -0.118. The van der Waals surface area contributed by atoms with Crippen LogP contribution in [0.15, 0.2) is 27.1 Å². The quantitative estimate of drug-likeness (QED) is 0.513. The van der Waals surface area contributed by atoms with Crippen molar-refractivity contribution in [3.63, 3.8) is 0 Å². The number of hydrogen-bond acceptors (Lipinski definition) is 5. The number of carbonyl (C=O) groups is 1. The third-order valence-corrected chi connectivity index (χ3v) is 5.84. The highest BCUT2D eigenvalue weighted by Crippen LogP contribution is 2.20. The SMILES string of the molecule is CCCCCN(C(=O)CCCc1cccs1)c1c(N)n(CCCC)c(=O)[nH]c1=O. The number of aryl methyl sites for hydroxylation is 1. The smallest absolute Gasteiger partial charge is 0.330 e.